The molecule has 0 saturated carbocycles. The highest BCUT2D eigenvalue weighted by molar-refractivity contribution is 5.75. The molecule has 1 aromatic heterocycles. The molecule has 0 atom stereocenters. The van der Waals surface area contributed by atoms with Gasteiger partial charge < -0.3 is 15.2 Å². The molecule has 0 unspecified atom stereocenters. The Hall–Kier alpha value is -1.57. The zero-order chi connectivity index (χ0) is 12.9. The molecule has 5 nitrogen and oxygen atoms in total. The maximum atomic E-state index is 11.9. The van der Waals surface area contributed by atoms with E-state index >= 15 is 0 Å². The number of nitrogens with zero attached hydrogens (tertiary/aromatic N) is 2. The van der Waals surface area contributed by atoms with E-state index in [1.54, 1.807) is 18.6 Å². The van der Waals surface area contributed by atoms with Gasteiger partial charge in [-0.1, -0.05) is 0 Å². The van der Waals surface area contributed by atoms with E-state index in [0.29, 0.717) is 12.4 Å². The van der Waals surface area contributed by atoms with Crippen molar-refractivity contribution in [2.24, 2.45) is 0 Å². The highest BCUT2D eigenvalue weighted by Gasteiger charge is 2.27. The first-order valence-electron chi connectivity index (χ1n) is 4.90. The monoisotopic (exact) mass is 250 g/mol. The lowest BCUT2D eigenvalue weighted by molar-refractivity contribution is -0.138. The molecular formula is C9H13F3N4O. The number of hydrogen-bond acceptors (Lipinski definition) is 3. The molecule has 0 bridgehead atoms. The lowest BCUT2D eigenvalue weighted by Crippen LogP contribution is -2.36. The van der Waals surface area contributed by atoms with Gasteiger partial charge in [-0.05, 0) is 7.05 Å². The highest BCUT2D eigenvalue weighted by atomic mass is 19.4. The molecule has 1 amide bonds. The van der Waals surface area contributed by atoms with Crippen LogP contribution >= 0.6 is 0 Å². The number of alkyl halides is 3. The first kappa shape index (κ1) is 13.5. The SMILES string of the molecule is CNCc1nccn1CC(=O)NCC(F)(F)F. The molecule has 2 N–H and O–H groups in total. The molecular weight excluding hydrogens is 237 g/mol. The summed E-state index contributed by atoms with van der Waals surface area (Å²) in [5, 5.41) is 4.64. The van der Waals surface area contributed by atoms with E-state index in [-0.39, 0.29) is 6.54 Å². The van der Waals surface area contributed by atoms with Crippen molar-refractivity contribution in [2.75, 3.05) is 13.6 Å². The molecule has 1 heterocycles. The van der Waals surface area contributed by atoms with Gasteiger partial charge in [-0.3, -0.25) is 4.79 Å². The van der Waals surface area contributed by atoms with Gasteiger partial charge in [-0.2, -0.15) is 13.2 Å². The number of hydrogen-bond donors (Lipinski definition) is 2. The smallest absolute Gasteiger partial charge is 0.345 e. The second-order valence-corrected chi connectivity index (χ2v) is 3.39. The average Bonchev–Trinajstić information content (AvgIpc) is 2.63. The summed E-state index contributed by atoms with van der Waals surface area (Å²) < 4.78 is 37.0. The van der Waals surface area contributed by atoms with Crippen molar-refractivity contribution in [1.29, 1.82) is 0 Å². The number of imidazole rings is 1. The number of carbonyl (C=O) groups excluding carboxylic acids is 1. The van der Waals surface area contributed by atoms with E-state index in [2.05, 4.69) is 10.3 Å². The number of nitrogens with one attached hydrogen (secondary N) is 2. The van der Waals surface area contributed by atoms with E-state index < -0.39 is 18.6 Å². The largest absolute Gasteiger partial charge is 0.405 e. The van der Waals surface area contributed by atoms with E-state index in [1.165, 1.54) is 10.8 Å². The molecule has 0 aliphatic rings. The van der Waals surface area contributed by atoms with Crippen LogP contribution in [0.25, 0.3) is 0 Å². The molecule has 96 valence electrons. The number of halogens is 3. The van der Waals surface area contributed by atoms with Gasteiger partial charge >= 0.3 is 6.18 Å². The van der Waals surface area contributed by atoms with Crippen molar-refractivity contribution in [2.45, 2.75) is 19.3 Å². The van der Waals surface area contributed by atoms with Gasteiger partial charge in [0.2, 0.25) is 5.91 Å². The fraction of sp³-hybridized carbons (Fsp3) is 0.556. The summed E-state index contributed by atoms with van der Waals surface area (Å²) in [6.45, 7) is -1.05. The third kappa shape index (κ3) is 4.85. The molecule has 8 heteroatoms. The van der Waals surface area contributed by atoms with Gasteiger partial charge in [-0.15, -0.1) is 0 Å². The lowest BCUT2D eigenvalue weighted by atomic mass is 10.5. The van der Waals surface area contributed by atoms with E-state index in [0.717, 1.165) is 0 Å². The topological polar surface area (TPSA) is 59.0 Å². The number of rotatable bonds is 5. The van der Waals surface area contributed by atoms with Crippen molar-refractivity contribution < 1.29 is 18.0 Å². The predicted octanol–water partition coefficient (Wildman–Crippen LogP) is 0.281. The second-order valence-electron chi connectivity index (χ2n) is 3.39. The Bertz CT molecular complexity index is 375. The summed E-state index contributed by atoms with van der Waals surface area (Å²) in [6, 6.07) is 0. The third-order valence-corrected chi connectivity index (χ3v) is 1.94. The molecule has 0 radical (unpaired) electrons. The molecule has 1 rings (SSSR count). The fourth-order valence-corrected chi connectivity index (χ4v) is 1.22. The van der Waals surface area contributed by atoms with Crippen LogP contribution in [0.5, 0.6) is 0 Å². The summed E-state index contributed by atoms with van der Waals surface area (Å²) >= 11 is 0. The first-order chi connectivity index (χ1) is 7.92. The average molecular weight is 250 g/mol. The number of amides is 1. The Balaban J connectivity index is 2.47. The van der Waals surface area contributed by atoms with Crippen molar-refractivity contribution in [1.82, 2.24) is 20.2 Å². The third-order valence-electron chi connectivity index (χ3n) is 1.94. The number of carbonyl (C=O) groups is 1. The van der Waals surface area contributed by atoms with Crippen LogP contribution < -0.4 is 10.6 Å². The van der Waals surface area contributed by atoms with Crippen molar-refractivity contribution >= 4 is 5.91 Å². The minimum Gasteiger partial charge on any atom is -0.345 e. The summed E-state index contributed by atoms with van der Waals surface area (Å²) in [4.78, 5) is 15.2. The predicted molar refractivity (Wildman–Crippen MR) is 54.1 cm³/mol. The zero-order valence-electron chi connectivity index (χ0n) is 9.21. The Labute approximate surface area is 96.0 Å². The minimum atomic E-state index is -4.39. The normalized spacial score (nSPS) is 11.5. The molecule has 0 saturated heterocycles. The maximum absolute atomic E-state index is 11.9. The Morgan fingerprint density at radius 3 is 2.82 bits per heavy atom. The zero-order valence-corrected chi connectivity index (χ0v) is 9.21. The summed E-state index contributed by atoms with van der Waals surface area (Å²) in [7, 11) is 1.71. The molecule has 0 aliphatic heterocycles. The van der Waals surface area contributed by atoms with Crippen LogP contribution in [0.4, 0.5) is 13.2 Å². The summed E-state index contributed by atoms with van der Waals surface area (Å²) in [5.41, 5.74) is 0. The standard InChI is InChI=1S/C9H13F3N4O/c1-13-4-7-14-2-3-16(7)5-8(17)15-6-9(10,11)12/h2-3,13H,4-6H2,1H3,(H,15,17). The van der Waals surface area contributed by atoms with Gasteiger partial charge in [0.05, 0.1) is 6.54 Å². The molecule has 0 aliphatic carbocycles. The number of aromatic nitrogens is 2. The van der Waals surface area contributed by atoms with Crippen molar-refractivity contribution in [3.63, 3.8) is 0 Å². The maximum Gasteiger partial charge on any atom is 0.405 e. The lowest BCUT2D eigenvalue weighted by Gasteiger charge is -2.10. The van der Waals surface area contributed by atoms with Crippen LogP contribution in [0.1, 0.15) is 5.82 Å². The van der Waals surface area contributed by atoms with Crippen LogP contribution in [0.15, 0.2) is 12.4 Å². The first-order valence-corrected chi connectivity index (χ1v) is 4.90. The molecule has 1 aromatic rings. The van der Waals surface area contributed by atoms with E-state index in [1.807, 2.05) is 0 Å². The Morgan fingerprint density at radius 1 is 1.53 bits per heavy atom. The fourth-order valence-electron chi connectivity index (χ4n) is 1.22. The highest BCUT2D eigenvalue weighted by Crippen LogP contribution is 2.12. The van der Waals surface area contributed by atoms with Gasteiger partial charge in [0.1, 0.15) is 18.9 Å². The quantitative estimate of drug-likeness (QED) is 0.789. The van der Waals surface area contributed by atoms with Gasteiger partial charge in [-0.25, -0.2) is 4.98 Å². The molecule has 17 heavy (non-hydrogen) atoms. The molecule has 0 fully saturated rings. The van der Waals surface area contributed by atoms with E-state index in [4.69, 9.17) is 0 Å². The van der Waals surface area contributed by atoms with Crippen LogP contribution in [-0.4, -0.2) is 35.2 Å². The summed E-state index contributed by atoms with van der Waals surface area (Å²) in [5.74, 6) is -0.104. The van der Waals surface area contributed by atoms with Crippen LogP contribution in [0.3, 0.4) is 0 Å². The van der Waals surface area contributed by atoms with Crippen molar-refractivity contribution in [3.8, 4) is 0 Å². The Morgan fingerprint density at radius 2 is 2.24 bits per heavy atom. The Kier molecular flexibility index (Phi) is 4.50. The van der Waals surface area contributed by atoms with Crippen LogP contribution in [0, 0.1) is 0 Å². The summed E-state index contributed by atoms with van der Waals surface area (Å²) in [6.07, 6.45) is -1.36. The van der Waals surface area contributed by atoms with Crippen molar-refractivity contribution in [3.05, 3.63) is 18.2 Å². The van der Waals surface area contributed by atoms with Crippen LogP contribution in [0.2, 0.25) is 0 Å². The second kappa shape index (κ2) is 5.67. The van der Waals surface area contributed by atoms with E-state index in [9.17, 15) is 18.0 Å². The van der Waals surface area contributed by atoms with Gasteiger partial charge in [0.15, 0.2) is 0 Å². The van der Waals surface area contributed by atoms with Crippen LogP contribution in [-0.2, 0) is 17.9 Å². The van der Waals surface area contributed by atoms with Gasteiger partial charge in [0.25, 0.3) is 0 Å². The minimum absolute atomic E-state index is 0.174. The molecule has 0 spiro atoms. The molecule has 0 aromatic carbocycles. The van der Waals surface area contributed by atoms with Gasteiger partial charge in [0, 0.05) is 12.4 Å².